The summed E-state index contributed by atoms with van der Waals surface area (Å²) >= 11 is 0. The highest BCUT2D eigenvalue weighted by Gasteiger charge is 2.19. The van der Waals surface area contributed by atoms with Gasteiger partial charge in [0, 0.05) is 24.4 Å². The molecule has 5 nitrogen and oxygen atoms in total. The highest BCUT2D eigenvalue weighted by Crippen LogP contribution is 2.36. The normalized spacial score (nSPS) is 10.5. The molecule has 1 aromatic heterocycles. The van der Waals surface area contributed by atoms with Gasteiger partial charge in [-0.1, -0.05) is 0 Å². The smallest absolute Gasteiger partial charge is 0.253 e. The number of rotatable bonds is 4. The summed E-state index contributed by atoms with van der Waals surface area (Å²) in [6.45, 7) is 5.19. The summed E-state index contributed by atoms with van der Waals surface area (Å²) < 4.78 is 12.3. The predicted octanol–water partition coefficient (Wildman–Crippen LogP) is 2.89. The quantitative estimate of drug-likeness (QED) is 0.814. The fourth-order valence-electron chi connectivity index (χ4n) is 2.68. The van der Waals surface area contributed by atoms with Crippen LogP contribution in [-0.4, -0.2) is 24.6 Å². The molecule has 1 heterocycles. The van der Waals surface area contributed by atoms with E-state index in [0.29, 0.717) is 22.6 Å². The summed E-state index contributed by atoms with van der Waals surface area (Å²) in [6, 6.07) is 3.59. The molecular formula is C18H21NO4. The Bertz CT molecular complexity index is 809. The van der Waals surface area contributed by atoms with E-state index >= 15 is 0 Å². The van der Waals surface area contributed by atoms with Gasteiger partial charge in [0.2, 0.25) is 0 Å². The Morgan fingerprint density at radius 1 is 1.04 bits per heavy atom. The Hall–Kier alpha value is -2.56. The molecule has 0 aliphatic rings. The molecule has 2 aromatic rings. The van der Waals surface area contributed by atoms with E-state index in [1.807, 2.05) is 6.92 Å². The Morgan fingerprint density at radius 3 is 2.00 bits per heavy atom. The zero-order valence-electron chi connectivity index (χ0n) is 14.3. The van der Waals surface area contributed by atoms with Crippen LogP contribution in [-0.2, 0) is 7.05 Å². The highest BCUT2D eigenvalue weighted by atomic mass is 16.5. The molecule has 0 amide bonds. The van der Waals surface area contributed by atoms with Crippen LogP contribution in [0, 0.1) is 13.8 Å². The summed E-state index contributed by atoms with van der Waals surface area (Å²) in [5, 5.41) is 0. The minimum Gasteiger partial charge on any atom is -0.496 e. The summed E-state index contributed by atoms with van der Waals surface area (Å²) in [4.78, 5) is 23.9. The second-order valence-corrected chi connectivity index (χ2v) is 5.52. The van der Waals surface area contributed by atoms with Crippen LogP contribution < -0.4 is 15.0 Å². The number of carbonyl (C=O) groups is 1. The molecule has 0 saturated carbocycles. The zero-order chi connectivity index (χ0) is 17.3. The first-order chi connectivity index (χ1) is 10.8. The van der Waals surface area contributed by atoms with Crippen LogP contribution in [0.1, 0.15) is 28.4 Å². The van der Waals surface area contributed by atoms with Gasteiger partial charge in [0.25, 0.3) is 5.56 Å². The van der Waals surface area contributed by atoms with Crippen molar-refractivity contribution < 1.29 is 14.3 Å². The van der Waals surface area contributed by atoms with Crippen molar-refractivity contribution >= 4 is 5.78 Å². The van der Waals surface area contributed by atoms with E-state index in [4.69, 9.17) is 9.47 Å². The van der Waals surface area contributed by atoms with Crippen molar-refractivity contribution in [2.75, 3.05) is 14.2 Å². The predicted molar refractivity (Wildman–Crippen MR) is 89.7 cm³/mol. The van der Waals surface area contributed by atoms with E-state index in [9.17, 15) is 9.59 Å². The van der Waals surface area contributed by atoms with Gasteiger partial charge in [0.1, 0.15) is 17.1 Å². The molecule has 0 fully saturated rings. The number of ketones is 1. The fraction of sp³-hybridized carbons (Fsp3) is 0.333. The molecule has 0 aliphatic carbocycles. The molecule has 0 atom stereocenters. The number of Topliss-reactive ketones (excluding diaryl/α,β-unsaturated/α-hetero) is 1. The van der Waals surface area contributed by atoms with Gasteiger partial charge in [-0.15, -0.1) is 0 Å². The number of hydrogen-bond acceptors (Lipinski definition) is 4. The molecule has 0 bridgehead atoms. The van der Waals surface area contributed by atoms with Crippen molar-refractivity contribution in [3.8, 4) is 22.6 Å². The molecule has 0 N–H and O–H groups in total. The number of methoxy groups -OCH3 is 2. The van der Waals surface area contributed by atoms with Gasteiger partial charge in [0.15, 0.2) is 5.78 Å². The van der Waals surface area contributed by atoms with Gasteiger partial charge >= 0.3 is 0 Å². The first-order valence-electron chi connectivity index (χ1n) is 7.26. The van der Waals surface area contributed by atoms with Gasteiger partial charge in [-0.05, 0) is 44.0 Å². The summed E-state index contributed by atoms with van der Waals surface area (Å²) in [7, 11) is 4.75. The molecule has 0 aliphatic heterocycles. The van der Waals surface area contributed by atoms with E-state index in [2.05, 4.69) is 0 Å². The number of benzene rings is 1. The second-order valence-electron chi connectivity index (χ2n) is 5.52. The van der Waals surface area contributed by atoms with E-state index in [1.165, 1.54) is 21.1 Å². The molecular weight excluding hydrogens is 294 g/mol. The van der Waals surface area contributed by atoms with E-state index in [-0.39, 0.29) is 11.3 Å². The molecule has 23 heavy (non-hydrogen) atoms. The molecule has 0 radical (unpaired) electrons. The van der Waals surface area contributed by atoms with Gasteiger partial charge in [-0.3, -0.25) is 9.59 Å². The van der Waals surface area contributed by atoms with E-state index in [0.717, 1.165) is 16.7 Å². The highest BCUT2D eigenvalue weighted by molar-refractivity contribution is 6.00. The largest absolute Gasteiger partial charge is 0.496 e. The zero-order valence-corrected chi connectivity index (χ0v) is 14.3. The number of hydrogen-bond donors (Lipinski definition) is 0. The first kappa shape index (κ1) is 16.8. The average Bonchev–Trinajstić information content (AvgIpc) is 2.54. The topological polar surface area (TPSA) is 57.5 Å². The number of carbonyl (C=O) groups excluding carboxylic acids is 1. The SMILES string of the molecule is COc1cc(-c2cn(C)c(=O)c(C)c2C)cc(OC)c1C(C)=O. The minimum absolute atomic E-state index is 0.0227. The van der Waals surface area contributed by atoms with Crippen LogP contribution in [0.15, 0.2) is 23.1 Å². The lowest BCUT2D eigenvalue weighted by molar-refractivity contribution is 0.101. The van der Waals surface area contributed by atoms with E-state index < -0.39 is 0 Å². The van der Waals surface area contributed by atoms with Crippen molar-refractivity contribution in [2.45, 2.75) is 20.8 Å². The summed E-state index contributed by atoms with van der Waals surface area (Å²) in [5.41, 5.74) is 3.71. The lowest BCUT2D eigenvalue weighted by atomic mass is 9.96. The van der Waals surface area contributed by atoms with Crippen molar-refractivity contribution in [1.82, 2.24) is 4.57 Å². The van der Waals surface area contributed by atoms with Gasteiger partial charge in [0.05, 0.1) is 14.2 Å². The van der Waals surface area contributed by atoms with Crippen LogP contribution >= 0.6 is 0 Å². The van der Waals surface area contributed by atoms with Crippen LogP contribution in [0.5, 0.6) is 11.5 Å². The Labute approximate surface area is 135 Å². The first-order valence-corrected chi connectivity index (χ1v) is 7.26. The lowest BCUT2D eigenvalue weighted by Gasteiger charge is -2.16. The number of aromatic nitrogens is 1. The molecule has 5 heteroatoms. The molecule has 0 spiro atoms. The molecule has 0 unspecified atom stereocenters. The monoisotopic (exact) mass is 315 g/mol. The van der Waals surface area contributed by atoms with Crippen LogP contribution in [0.2, 0.25) is 0 Å². The Kier molecular flexibility index (Phi) is 4.59. The lowest BCUT2D eigenvalue weighted by Crippen LogP contribution is -2.20. The third kappa shape index (κ3) is 2.86. The summed E-state index contributed by atoms with van der Waals surface area (Å²) in [5.74, 6) is 0.786. The number of aryl methyl sites for hydroxylation is 1. The van der Waals surface area contributed by atoms with Gasteiger partial charge < -0.3 is 14.0 Å². The van der Waals surface area contributed by atoms with Gasteiger partial charge in [-0.2, -0.15) is 0 Å². The van der Waals surface area contributed by atoms with Crippen molar-refractivity contribution in [3.05, 3.63) is 45.4 Å². The molecule has 1 aromatic carbocycles. The maximum Gasteiger partial charge on any atom is 0.253 e. The van der Waals surface area contributed by atoms with Crippen molar-refractivity contribution in [3.63, 3.8) is 0 Å². The standard InChI is InChI=1S/C18H21NO4/c1-10-11(2)18(21)19(4)9-14(10)13-7-15(22-5)17(12(3)20)16(8-13)23-6/h7-9H,1-6H3. The number of nitrogens with zero attached hydrogens (tertiary/aromatic N) is 1. The van der Waals surface area contributed by atoms with Gasteiger partial charge in [-0.25, -0.2) is 0 Å². The van der Waals surface area contributed by atoms with E-state index in [1.54, 1.807) is 36.9 Å². The third-order valence-corrected chi connectivity index (χ3v) is 4.10. The molecule has 0 saturated heterocycles. The number of ether oxygens (including phenoxy) is 2. The maximum atomic E-state index is 12.0. The van der Waals surface area contributed by atoms with Crippen LogP contribution in [0.25, 0.3) is 11.1 Å². The maximum absolute atomic E-state index is 12.0. The Morgan fingerprint density at radius 2 is 1.57 bits per heavy atom. The number of pyridine rings is 1. The van der Waals surface area contributed by atoms with Crippen LogP contribution in [0.4, 0.5) is 0 Å². The molecule has 2 rings (SSSR count). The third-order valence-electron chi connectivity index (χ3n) is 4.10. The van der Waals surface area contributed by atoms with Crippen molar-refractivity contribution in [2.24, 2.45) is 7.05 Å². The molecule has 122 valence electrons. The van der Waals surface area contributed by atoms with Crippen molar-refractivity contribution in [1.29, 1.82) is 0 Å². The summed E-state index contributed by atoms with van der Waals surface area (Å²) in [6.07, 6.45) is 1.78. The average molecular weight is 315 g/mol. The minimum atomic E-state index is -0.126. The Balaban J connectivity index is 2.80. The fourth-order valence-corrected chi connectivity index (χ4v) is 2.68. The van der Waals surface area contributed by atoms with Crippen LogP contribution in [0.3, 0.4) is 0 Å². The second kappa shape index (κ2) is 6.28.